The maximum atomic E-state index is 5.89. The third kappa shape index (κ3) is 1.84. The molecule has 3 rings (SSSR count). The van der Waals surface area contributed by atoms with Crippen LogP contribution in [-0.2, 0) is 11.2 Å². The molecular formula is C12H17NOS. The van der Waals surface area contributed by atoms with E-state index in [1.807, 2.05) is 11.3 Å². The van der Waals surface area contributed by atoms with E-state index in [1.54, 1.807) is 4.88 Å². The first-order chi connectivity index (χ1) is 7.45. The zero-order chi connectivity index (χ0) is 10.1. The molecule has 1 N–H and O–H groups in total. The van der Waals surface area contributed by atoms with E-state index < -0.39 is 0 Å². The number of ether oxygens (including phenoxy) is 1. The average Bonchev–Trinajstić information content (AvgIpc) is 2.78. The Hall–Kier alpha value is -0.380. The number of hydrogen-bond acceptors (Lipinski definition) is 3. The van der Waals surface area contributed by atoms with Crippen LogP contribution >= 0.6 is 11.3 Å². The molecule has 15 heavy (non-hydrogen) atoms. The Kier molecular flexibility index (Phi) is 2.77. The monoisotopic (exact) mass is 223 g/mol. The van der Waals surface area contributed by atoms with Gasteiger partial charge in [-0.05, 0) is 42.7 Å². The van der Waals surface area contributed by atoms with Crippen molar-refractivity contribution in [2.75, 3.05) is 13.2 Å². The summed E-state index contributed by atoms with van der Waals surface area (Å²) in [6.45, 7) is 2.06. The van der Waals surface area contributed by atoms with Crippen molar-refractivity contribution < 1.29 is 4.74 Å². The molecule has 1 aromatic rings. The van der Waals surface area contributed by atoms with Crippen LogP contribution in [-0.4, -0.2) is 19.3 Å². The highest BCUT2D eigenvalue weighted by Crippen LogP contribution is 2.33. The van der Waals surface area contributed by atoms with Crippen molar-refractivity contribution in [1.29, 1.82) is 0 Å². The summed E-state index contributed by atoms with van der Waals surface area (Å²) in [6.07, 6.45) is 5.37. The van der Waals surface area contributed by atoms with Crippen molar-refractivity contribution in [3.8, 4) is 0 Å². The summed E-state index contributed by atoms with van der Waals surface area (Å²) in [5, 5.41) is 5.83. The second-order valence-electron chi connectivity index (χ2n) is 4.39. The first-order valence-electron chi connectivity index (χ1n) is 5.86. The third-order valence-electron chi connectivity index (χ3n) is 3.42. The topological polar surface area (TPSA) is 21.3 Å². The van der Waals surface area contributed by atoms with Gasteiger partial charge in [-0.1, -0.05) is 0 Å². The van der Waals surface area contributed by atoms with Crippen molar-refractivity contribution in [2.45, 2.75) is 37.8 Å². The van der Waals surface area contributed by atoms with E-state index in [4.69, 9.17) is 4.74 Å². The van der Waals surface area contributed by atoms with Crippen LogP contribution in [0.5, 0.6) is 0 Å². The first-order valence-corrected chi connectivity index (χ1v) is 6.74. The maximum absolute atomic E-state index is 5.89. The molecule has 2 unspecified atom stereocenters. The van der Waals surface area contributed by atoms with E-state index in [0.717, 1.165) is 13.2 Å². The summed E-state index contributed by atoms with van der Waals surface area (Å²) in [4.78, 5) is 1.56. The average molecular weight is 223 g/mol. The van der Waals surface area contributed by atoms with Crippen LogP contribution in [0.2, 0.25) is 0 Å². The van der Waals surface area contributed by atoms with E-state index in [1.165, 1.54) is 31.2 Å². The summed E-state index contributed by atoms with van der Waals surface area (Å²) in [7, 11) is 0. The van der Waals surface area contributed by atoms with Gasteiger partial charge in [0, 0.05) is 18.0 Å². The minimum Gasteiger partial charge on any atom is -0.376 e. The van der Waals surface area contributed by atoms with Crippen LogP contribution < -0.4 is 5.32 Å². The fourth-order valence-corrected chi connectivity index (χ4v) is 3.57. The summed E-state index contributed by atoms with van der Waals surface area (Å²) in [5.41, 5.74) is 1.50. The first kappa shape index (κ1) is 9.82. The number of thiophene rings is 1. The normalized spacial score (nSPS) is 31.2. The molecule has 2 nitrogen and oxygen atoms in total. The molecule has 1 aromatic heterocycles. The highest BCUT2D eigenvalue weighted by molar-refractivity contribution is 7.10. The van der Waals surface area contributed by atoms with E-state index >= 15 is 0 Å². The van der Waals surface area contributed by atoms with Gasteiger partial charge in [-0.3, -0.25) is 0 Å². The Morgan fingerprint density at radius 1 is 1.40 bits per heavy atom. The van der Waals surface area contributed by atoms with Crippen molar-refractivity contribution in [3.05, 3.63) is 21.9 Å². The number of nitrogens with one attached hydrogen (secondary N) is 1. The lowest BCUT2D eigenvalue weighted by Crippen LogP contribution is -2.39. The van der Waals surface area contributed by atoms with Crippen LogP contribution in [0.3, 0.4) is 0 Å². The van der Waals surface area contributed by atoms with E-state index in [9.17, 15) is 0 Å². The van der Waals surface area contributed by atoms with Gasteiger partial charge in [0.1, 0.15) is 0 Å². The van der Waals surface area contributed by atoms with Gasteiger partial charge in [0.25, 0.3) is 0 Å². The Morgan fingerprint density at radius 3 is 3.27 bits per heavy atom. The van der Waals surface area contributed by atoms with Crippen LogP contribution in [0.25, 0.3) is 0 Å². The summed E-state index contributed by atoms with van der Waals surface area (Å²) in [6, 6.07) is 2.73. The maximum Gasteiger partial charge on any atom is 0.0770 e. The molecule has 0 amide bonds. The molecule has 1 saturated heterocycles. The molecule has 0 spiro atoms. The lowest BCUT2D eigenvalue weighted by Gasteiger charge is -2.34. The van der Waals surface area contributed by atoms with E-state index in [0.29, 0.717) is 12.1 Å². The molecular weight excluding hydrogens is 206 g/mol. The van der Waals surface area contributed by atoms with Crippen molar-refractivity contribution >= 4 is 11.3 Å². The molecule has 3 heterocycles. The molecule has 1 fully saturated rings. The largest absolute Gasteiger partial charge is 0.376 e. The molecule has 2 atom stereocenters. The smallest absolute Gasteiger partial charge is 0.0770 e. The lowest BCUT2D eigenvalue weighted by molar-refractivity contribution is -0.00930. The Bertz CT molecular complexity index is 330. The summed E-state index contributed by atoms with van der Waals surface area (Å²) >= 11 is 1.90. The van der Waals surface area contributed by atoms with Gasteiger partial charge in [0.05, 0.1) is 12.1 Å². The number of rotatable bonds is 1. The predicted octanol–water partition coefficient (Wildman–Crippen LogP) is 2.50. The van der Waals surface area contributed by atoms with Gasteiger partial charge in [-0.25, -0.2) is 0 Å². The van der Waals surface area contributed by atoms with Crippen LogP contribution in [0, 0.1) is 0 Å². The second-order valence-corrected chi connectivity index (χ2v) is 5.39. The Morgan fingerprint density at radius 2 is 2.40 bits per heavy atom. The molecule has 3 heteroatoms. The molecule has 2 aliphatic rings. The SMILES string of the molecule is c1cc2c(s1)CCNC2C1CCCCO1. The highest BCUT2D eigenvalue weighted by atomic mass is 32.1. The standard InChI is InChI=1S/C12H17NOS/c1-2-7-14-10(3-1)12-9-5-8-15-11(9)4-6-13-12/h5,8,10,12-13H,1-4,6-7H2. The fraction of sp³-hybridized carbons (Fsp3) is 0.667. The van der Waals surface area contributed by atoms with Crippen molar-refractivity contribution in [1.82, 2.24) is 5.32 Å². The van der Waals surface area contributed by atoms with Gasteiger partial charge >= 0.3 is 0 Å². The van der Waals surface area contributed by atoms with Crippen LogP contribution in [0.15, 0.2) is 11.4 Å². The third-order valence-corrected chi connectivity index (χ3v) is 4.41. The van der Waals surface area contributed by atoms with Gasteiger partial charge in [0.15, 0.2) is 0 Å². The van der Waals surface area contributed by atoms with E-state index in [2.05, 4.69) is 16.8 Å². The second kappa shape index (κ2) is 4.24. The van der Waals surface area contributed by atoms with E-state index in [-0.39, 0.29) is 0 Å². The molecule has 0 radical (unpaired) electrons. The zero-order valence-electron chi connectivity index (χ0n) is 8.87. The molecule has 82 valence electrons. The number of hydrogen-bond donors (Lipinski definition) is 1. The van der Waals surface area contributed by atoms with Crippen LogP contribution in [0.1, 0.15) is 35.7 Å². The van der Waals surface area contributed by atoms with Crippen molar-refractivity contribution in [3.63, 3.8) is 0 Å². The van der Waals surface area contributed by atoms with Crippen LogP contribution in [0.4, 0.5) is 0 Å². The number of fused-ring (bicyclic) bond motifs is 1. The Balaban J connectivity index is 1.82. The molecule has 0 saturated carbocycles. The van der Waals surface area contributed by atoms with Gasteiger partial charge in [0.2, 0.25) is 0 Å². The van der Waals surface area contributed by atoms with Crippen molar-refractivity contribution in [2.24, 2.45) is 0 Å². The quantitative estimate of drug-likeness (QED) is 0.790. The molecule has 0 bridgehead atoms. The highest BCUT2D eigenvalue weighted by Gasteiger charge is 2.29. The van der Waals surface area contributed by atoms with Gasteiger partial charge in [-0.2, -0.15) is 0 Å². The summed E-state index contributed by atoms with van der Waals surface area (Å²) in [5.74, 6) is 0. The Labute approximate surface area is 94.6 Å². The fourth-order valence-electron chi connectivity index (χ4n) is 2.64. The van der Waals surface area contributed by atoms with Gasteiger partial charge < -0.3 is 10.1 Å². The summed E-state index contributed by atoms with van der Waals surface area (Å²) < 4.78 is 5.89. The minimum atomic E-state index is 0.410. The minimum absolute atomic E-state index is 0.410. The lowest BCUT2D eigenvalue weighted by atomic mass is 9.93. The zero-order valence-corrected chi connectivity index (χ0v) is 9.69. The van der Waals surface area contributed by atoms with Gasteiger partial charge in [-0.15, -0.1) is 11.3 Å². The molecule has 0 aromatic carbocycles. The predicted molar refractivity (Wildman–Crippen MR) is 62.4 cm³/mol. The molecule has 0 aliphatic carbocycles. The molecule has 2 aliphatic heterocycles.